The highest BCUT2D eigenvalue weighted by Gasteiger charge is 2.00. The van der Waals surface area contributed by atoms with E-state index in [1.807, 2.05) is 0 Å². The van der Waals surface area contributed by atoms with Gasteiger partial charge in [0, 0.05) is 24.3 Å². The number of esters is 1. The average molecular weight is 253 g/mol. The predicted octanol–water partition coefficient (Wildman–Crippen LogP) is 1.46. The molecule has 0 bridgehead atoms. The topological polar surface area (TPSA) is 92.8 Å². The molecule has 0 amide bonds. The van der Waals surface area contributed by atoms with Gasteiger partial charge in [0.25, 0.3) is 0 Å². The monoisotopic (exact) mass is 253 g/mol. The number of aromatic hydroxyl groups is 1. The number of nitrogen functional groups attached to an aromatic ring is 1. The van der Waals surface area contributed by atoms with Crippen molar-refractivity contribution in [3.8, 4) is 5.75 Å². The third-order valence-corrected chi connectivity index (χ3v) is 1.78. The molecule has 0 aliphatic carbocycles. The van der Waals surface area contributed by atoms with Crippen LogP contribution >= 0.6 is 0 Å². The second kappa shape index (κ2) is 9.07. The summed E-state index contributed by atoms with van der Waals surface area (Å²) in [5, 5.41) is 17.0. The van der Waals surface area contributed by atoms with Crippen molar-refractivity contribution in [3.05, 3.63) is 36.4 Å². The van der Waals surface area contributed by atoms with Crippen LogP contribution in [-0.4, -0.2) is 29.4 Å². The molecule has 0 aliphatic rings. The standard InChI is InChI=1S/C7H12O3.C6H7NO/c1-6(2)7(9)10-5-3-4-8;7-5-1-3-6(8)4-2-5/h8H,1,3-5H2,2H3;1-4,8H,7H2. The highest BCUT2D eigenvalue weighted by Crippen LogP contribution is 2.09. The number of aliphatic hydroxyl groups excluding tert-OH is 1. The van der Waals surface area contributed by atoms with Crippen LogP contribution in [0.15, 0.2) is 36.4 Å². The van der Waals surface area contributed by atoms with E-state index in [1.165, 1.54) is 0 Å². The zero-order chi connectivity index (χ0) is 14.0. The highest BCUT2D eigenvalue weighted by atomic mass is 16.5. The van der Waals surface area contributed by atoms with Crippen LogP contribution < -0.4 is 5.73 Å². The number of aliphatic hydroxyl groups is 1. The molecule has 100 valence electrons. The largest absolute Gasteiger partial charge is 0.508 e. The van der Waals surface area contributed by atoms with E-state index in [0.29, 0.717) is 17.7 Å². The van der Waals surface area contributed by atoms with E-state index in [0.717, 1.165) is 0 Å². The van der Waals surface area contributed by atoms with Crippen molar-refractivity contribution in [1.82, 2.24) is 0 Å². The van der Waals surface area contributed by atoms with Crippen molar-refractivity contribution in [3.63, 3.8) is 0 Å². The van der Waals surface area contributed by atoms with Gasteiger partial charge < -0.3 is 20.7 Å². The Bertz CT molecular complexity index is 352. The quantitative estimate of drug-likeness (QED) is 0.248. The molecule has 0 aromatic heterocycles. The first-order valence-electron chi connectivity index (χ1n) is 5.45. The van der Waals surface area contributed by atoms with E-state index in [9.17, 15) is 4.79 Å². The molecule has 5 heteroatoms. The van der Waals surface area contributed by atoms with Gasteiger partial charge in [-0.1, -0.05) is 6.58 Å². The van der Waals surface area contributed by atoms with Gasteiger partial charge in [-0.05, 0) is 31.2 Å². The minimum absolute atomic E-state index is 0.0451. The molecule has 0 heterocycles. The number of carbonyl (C=O) groups is 1. The molecule has 1 rings (SSSR count). The first-order valence-corrected chi connectivity index (χ1v) is 5.45. The number of benzene rings is 1. The highest BCUT2D eigenvalue weighted by molar-refractivity contribution is 5.86. The zero-order valence-electron chi connectivity index (χ0n) is 10.4. The number of rotatable bonds is 4. The fourth-order valence-corrected chi connectivity index (χ4v) is 0.827. The lowest BCUT2D eigenvalue weighted by atomic mass is 10.3. The van der Waals surface area contributed by atoms with E-state index < -0.39 is 5.97 Å². The molecule has 0 saturated carbocycles. The van der Waals surface area contributed by atoms with Crippen LogP contribution in [0.1, 0.15) is 13.3 Å². The molecule has 4 N–H and O–H groups in total. The summed E-state index contributed by atoms with van der Waals surface area (Å²) >= 11 is 0. The number of phenolic OH excluding ortho intramolecular Hbond substituents is 1. The number of ether oxygens (including phenoxy) is 1. The Morgan fingerprint density at radius 1 is 1.39 bits per heavy atom. The van der Waals surface area contributed by atoms with Crippen molar-refractivity contribution in [2.75, 3.05) is 18.9 Å². The summed E-state index contributed by atoms with van der Waals surface area (Å²) < 4.78 is 4.65. The number of phenols is 1. The Kier molecular flexibility index (Phi) is 8.05. The Labute approximate surface area is 107 Å². The second-order valence-corrected chi connectivity index (χ2v) is 3.58. The summed E-state index contributed by atoms with van der Waals surface area (Å²) in [7, 11) is 0. The van der Waals surface area contributed by atoms with E-state index in [-0.39, 0.29) is 19.0 Å². The molecule has 0 unspecified atom stereocenters. The predicted molar refractivity (Wildman–Crippen MR) is 70.0 cm³/mol. The molecule has 5 nitrogen and oxygen atoms in total. The Morgan fingerprint density at radius 3 is 2.33 bits per heavy atom. The van der Waals surface area contributed by atoms with Crippen LogP contribution in [0.3, 0.4) is 0 Å². The Balaban J connectivity index is 0.000000327. The van der Waals surface area contributed by atoms with Gasteiger partial charge in [0.15, 0.2) is 0 Å². The van der Waals surface area contributed by atoms with Gasteiger partial charge in [0.1, 0.15) is 5.75 Å². The van der Waals surface area contributed by atoms with Crippen LogP contribution in [0.5, 0.6) is 5.75 Å². The molecule has 1 aromatic rings. The average Bonchev–Trinajstić information content (AvgIpc) is 2.34. The first kappa shape index (κ1) is 16.0. The fraction of sp³-hybridized carbons (Fsp3) is 0.308. The van der Waals surface area contributed by atoms with Gasteiger partial charge >= 0.3 is 5.97 Å². The molecule has 0 fully saturated rings. The van der Waals surface area contributed by atoms with Crippen molar-refractivity contribution in [2.24, 2.45) is 0 Å². The van der Waals surface area contributed by atoms with E-state index in [1.54, 1.807) is 31.2 Å². The minimum Gasteiger partial charge on any atom is -0.508 e. The maximum Gasteiger partial charge on any atom is 0.333 e. The molecular weight excluding hydrogens is 234 g/mol. The summed E-state index contributed by atoms with van der Waals surface area (Å²) in [5.41, 5.74) is 6.37. The number of carbonyl (C=O) groups excluding carboxylic acids is 1. The van der Waals surface area contributed by atoms with E-state index >= 15 is 0 Å². The number of nitrogens with two attached hydrogens (primary N) is 1. The van der Waals surface area contributed by atoms with Crippen LogP contribution in [0.4, 0.5) is 5.69 Å². The van der Waals surface area contributed by atoms with E-state index in [2.05, 4.69) is 11.3 Å². The fourth-order valence-electron chi connectivity index (χ4n) is 0.827. The van der Waals surface area contributed by atoms with Crippen molar-refractivity contribution >= 4 is 11.7 Å². The van der Waals surface area contributed by atoms with Crippen LogP contribution in [0.25, 0.3) is 0 Å². The summed E-state index contributed by atoms with van der Waals surface area (Å²) in [4.78, 5) is 10.6. The van der Waals surface area contributed by atoms with Crippen molar-refractivity contribution < 1.29 is 19.7 Å². The molecule has 0 radical (unpaired) electrons. The molecule has 0 atom stereocenters. The zero-order valence-corrected chi connectivity index (χ0v) is 10.4. The number of anilines is 1. The SMILES string of the molecule is C=C(C)C(=O)OCCCO.Nc1ccc(O)cc1. The molecule has 1 aromatic carbocycles. The van der Waals surface area contributed by atoms with Crippen LogP contribution in [-0.2, 0) is 9.53 Å². The molecule has 0 aliphatic heterocycles. The Hall–Kier alpha value is -2.01. The van der Waals surface area contributed by atoms with Gasteiger partial charge in [-0.3, -0.25) is 0 Å². The van der Waals surface area contributed by atoms with Gasteiger partial charge in [-0.25, -0.2) is 4.79 Å². The maximum absolute atomic E-state index is 10.6. The van der Waals surface area contributed by atoms with Crippen LogP contribution in [0.2, 0.25) is 0 Å². The molecule has 0 saturated heterocycles. The lowest BCUT2D eigenvalue weighted by Gasteiger charge is -2.00. The van der Waals surface area contributed by atoms with Gasteiger partial charge in [-0.15, -0.1) is 0 Å². The summed E-state index contributed by atoms with van der Waals surface area (Å²) in [6, 6.07) is 6.40. The van der Waals surface area contributed by atoms with Gasteiger partial charge in [-0.2, -0.15) is 0 Å². The minimum atomic E-state index is -0.395. The van der Waals surface area contributed by atoms with Gasteiger partial charge in [0.05, 0.1) is 6.61 Å². The molecule has 18 heavy (non-hydrogen) atoms. The number of hydrogen-bond acceptors (Lipinski definition) is 5. The maximum atomic E-state index is 10.6. The summed E-state index contributed by atoms with van der Waals surface area (Å²) in [6.45, 7) is 5.29. The third kappa shape index (κ3) is 8.18. The smallest absolute Gasteiger partial charge is 0.333 e. The summed E-state index contributed by atoms with van der Waals surface area (Å²) in [5.74, 6) is -0.146. The lowest BCUT2D eigenvalue weighted by Crippen LogP contribution is -2.06. The first-order chi connectivity index (χ1) is 8.47. The summed E-state index contributed by atoms with van der Waals surface area (Å²) in [6.07, 6.45) is 0.485. The normalized spacial score (nSPS) is 9.00. The Morgan fingerprint density at radius 2 is 1.94 bits per heavy atom. The van der Waals surface area contributed by atoms with Crippen molar-refractivity contribution in [2.45, 2.75) is 13.3 Å². The second-order valence-electron chi connectivity index (χ2n) is 3.58. The van der Waals surface area contributed by atoms with Crippen LogP contribution in [0, 0.1) is 0 Å². The van der Waals surface area contributed by atoms with Gasteiger partial charge in [0.2, 0.25) is 0 Å². The number of hydrogen-bond donors (Lipinski definition) is 3. The lowest BCUT2D eigenvalue weighted by molar-refractivity contribution is -0.139. The molecule has 0 spiro atoms. The van der Waals surface area contributed by atoms with E-state index in [4.69, 9.17) is 15.9 Å². The molecular formula is C13H19NO4. The van der Waals surface area contributed by atoms with Crippen molar-refractivity contribution in [1.29, 1.82) is 0 Å². The third-order valence-electron chi connectivity index (χ3n) is 1.78.